The molecule has 1 aromatic heterocycles. The quantitative estimate of drug-likeness (QED) is 0.614. The van der Waals surface area contributed by atoms with Gasteiger partial charge in [-0.25, -0.2) is 9.78 Å². The molecule has 0 aliphatic carbocycles. The van der Waals surface area contributed by atoms with Crippen molar-refractivity contribution in [2.75, 3.05) is 0 Å². The van der Waals surface area contributed by atoms with Crippen molar-refractivity contribution >= 4 is 75.0 Å². The Balaban J connectivity index is 0. The summed E-state index contributed by atoms with van der Waals surface area (Å²) < 4.78 is 0. The predicted molar refractivity (Wildman–Crippen MR) is 36.4 cm³/mol. The number of rotatable bonds is 0. The number of carboxylic acid groups (broad SMARTS) is 2. The first-order chi connectivity index (χ1) is 4.23. The number of nitrogens with zero attached hydrogens (tertiary/aromatic N) is 1. The van der Waals surface area contributed by atoms with Crippen LogP contribution in [0, 0.1) is 0 Å². The van der Waals surface area contributed by atoms with Gasteiger partial charge in [0, 0.05) is 12.4 Å². The predicted octanol–water partition coefficient (Wildman–Crippen LogP) is -0.0164. The zero-order valence-corrected chi connectivity index (χ0v) is 4.48. The van der Waals surface area contributed by atoms with Gasteiger partial charge in [0.15, 0.2) is 0 Å². The summed E-state index contributed by atoms with van der Waals surface area (Å²) in [6, 6.07) is 0. The van der Waals surface area contributed by atoms with Crippen molar-refractivity contribution in [3.8, 4) is 0 Å². The molecule has 0 atom stereocenters. The second-order valence-corrected chi connectivity index (χ2v) is 1.04. The monoisotopic (exact) mass is 264 g/mol. The number of hydrogen-bond acceptors (Lipinski definition) is 2. The molecule has 0 radical (unpaired) electrons. The van der Waals surface area contributed by atoms with Crippen LogP contribution in [0.4, 0.5) is 4.79 Å². The van der Waals surface area contributed by atoms with E-state index >= 15 is 0 Å². The average molecular weight is 264 g/mol. The molecule has 0 saturated carbocycles. The average Bonchev–Trinajstić information content (AvgIpc) is 2.11. The molecule has 6 heteroatoms. The van der Waals surface area contributed by atoms with Crippen LogP contribution in [0.25, 0.3) is 0 Å². The molecule has 0 aliphatic rings. The minimum absolute atomic E-state index is 0. The third-order valence-corrected chi connectivity index (χ3v) is 0.406. The van der Waals surface area contributed by atoms with Gasteiger partial charge in [0.25, 0.3) is 0 Å². The summed E-state index contributed by atoms with van der Waals surface area (Å²) in [5, 5.41) is 13.9. The molecule has 0 fully saturated rings. The third-order valence-electron chi connectivity index (χ3n) is 0.406. The third kappa shape index (κ3) is 15.8. The molecule has 0 saturated heterocycles. The first kappa shape index (κ1) is 13.1. The maximum Gasteiger partial charge on any atom is 0.0919 e. The van der Waals surface area contributed by atoms with E-state index in [0.717, 1.165) is 0 Å². The fourth-order valence-electron chi connectivity index (χ4n) is 0.215. The van der Waals surface area contributed by atoms with Crippen LogP contribution >= 0.6 is 0 Å². The molecule has 0 amide bonds. The van der Waals surface area contributed by atoms with Crippen LogP contribution in [0.5, 0.6) is 0 Å². The van der Waals surface area contributed by atoms with Crippen LogP contribution in [-0.2, 0) is 0 Å². The number of imidazole rings is 1. The number of H-pyrrole nitrogens is 1. The van der Waals surface area contributed by atoms with Crippen LogP contribution in [0.15, 0.2) is 18.7 Å². The molecule has 0 aromatic carbocycles. The van der Waals surface area contributed by atoms with E-state index in [-0.39, 0.29) is 68.9 Å². The van der Waals surface area contributed by atoms with E-state index in [0.29, 0.717) is 0 Å². The zero-order chi connectivity index (χ0) is 7.11. The summed E-state index contributed by atoms with van der Waals surface area (Å²) in [6.45, 7) is 0. The van der Waals surface area contributed by atoms with E-state index in [1.54, 1.807) is 18.7 Å². The molecule has 0 bridgehead atoms. The Labute approximate surface area is 116 Å². The van der Waals surface area contributed by atoms with Crippen molar-refractivity contribution < 1.29 is 15.0 Å². The second kappa shape index (κ2) is 9.53. The Bertz CT molecular complexity index is 132. The van der Waals surface area contributed by atoms with Crippen LogP contribution < -0.4 is 0 Å². The number of carbonyl (C=O) groups is 1. The van der Waals surface area contributed by atoms with Crippen molar-refractivity contribution in [1.82, 2.24) is 9.97 Å². The molecule has 52 valence electrons. The Morgan fingerprint density at radius 1 is 1.50 bits per heavy atom. The molecular formula is C4H7CsN2O3. The van der Waals surface area contributed by atoms with Gasteiger partial charge in [0.1, 0.15) is 0 Å². The van der Waals surface area contributed by atoms with E-state index in [1.165, 1.54) is 0 Å². The molecule has 0 unspecified atom stereocenters. The second-order valence-electron chi connectivity index (χ2n) is 1.04. The van der Waals surface area contributed by atoms with Gasteiger partial charge in [-0.1, -0.05) is 0 Å². The minimum Gasteiger partial charge on any atom is -0.351 e. The van der Waals surface area contributed by atoms with Gasteiger partial charge in [-0.15, -0.1) is 0 Å². The largest absolute Gasteiger partial charge is 0.351 e. The Morgan fingerprint density at radius 3 is 2.10 bits per heavy atom. The van der Waals surface area contributed by atoms with Crippen LogP contribution in [-0.4, -0.2) is 95.2 Å². The number of aromatic nitrogens is 2. The molecule has 0 spiro atoms. The van der Waals surface area contributed by atoms with Crippen molar-refractivity contribution in [3.63, 3.8) is 0 Å². The molecule has 10 heavy (non-hydrogen) atoms. The molecule has 5 nitrogen and oxygen atoms in total. The molecule has 1 aromatic rings. The fourth-order valence-corrected chi connectivity index (χ4v) is 0.215. The first-order valence-corrected chi connectivity index (χ1v) is 2.08. The number of aromatic amines is 1. The summed E-state index contributed by atoms with van der Waals surface area (Å²) in [7, 11) is 0. The molecular weight excluding hydrogens is 257 g/mol. The van der Waals surface area contributed by atoms with Gasteiger partial charge < -0.3 is 15.2 Å². The van der Waals surface area contributed by atoms with E-state index in [2.05, 4.69) is 9.97 Å². The van der Waals surface area contributed by atoms with Crippen LogP contribution in [0.2, 0.25) is 0 Å². The number of nitrogens with one attached hydrogen (secondary N) is 1. The van der Waals surface area contributed by atoms with Crippen LogP contribution in [0.1, 0.15) is 0 Å². The van der Waals surface area contributed by atoms with Crippen molar-refractivity contribution in [2.45, 2.75) is 0 Å². The topological polar surface area (TPSA) is 86.2 Å². The van der Waals surface area contributed by atoms with Gasteiger partial charge in [-0.3, -0.25) is 0 Å². The fraction of sp³-hybridized carbons (Fsp3) is 0. The molecule has 1 rings (SSSR count). The molecule has 3 N–H and O–H groups in total. The zero-order valence-electron chi connectivity index (χ0n) is 4.48. The molecule has 1 heterocycles. The van der Waals surface area contributed by atoms with Crippen molar-refractivity contribution in [3.05, 3.63) is 18.7 Å². The summed E-state index contributed by atoms with van der Waals surface area (Å²) in [5.41, 5.74) is 0. The smallest absolute Gasteiger partial charge is 0.0919 e. The van der Waals surface area contributed by atoms with Crippen molar-refractivity contribution in [1.29, 1.82) is 0 Å². The maximum atomic E-state index is 8.56. The van der Waals surface area contributed by atoms with Crippen LogP contribution in [0.3, 0.4) is 0 Å². The van der Waals surface area contributed by atoms with Gasteiger partial charge in [-0.05, 0) is 0 Å². The van der Waals surface area contributed by atoms with Crippen molar-refractivity contribution in [2.24, 2.45) is 0 Å². The van der Waals surface area contributed by atoms with E-state index in [1.807, 2.05) is 0 Å². The Morgan fingerprint density at radius 2 is 2.00 bits per heavy atom. The number of hydrogen-bond donors (Lipinski definition) is 3. The van der Waals surface area contributed by atoms with Gasteiger partial charge in [-0.2, -0.15) is 0 Å². The summed E-state index contributed by atoms with van der Waals surface area (Å²) >= 11 is 0. The van der Waals surface area contributed by atoms with E-state index in [4.69, 9.17) is 15.0 Å². The summed E-state index contributed by atoms with van der Waals surface area (Å²) in [5.74, 6) is 0. The SMILES string of the molecule is O=C(O)O.[CsH].c1c[nH]cn1. The Hall–Kier alpha value is 0.532. The minimum atomic E-state index is -1.83. The molecule has 0 aliphatic heterocycles. The summed E-state index contributed by atoms with van der Waals surface area (Å²) in [4.78, 5) is 15.0. The first-order valence-electron chi connectivity index (χ1n) is 2.08. The maximum absolute atomic E-state index is 8.56. The Kier molecular flexibility index (Phi) is 12.5. The van der Waals surface area contributed by atoms with E-state index in [9.17, 15) is 0 Å². The van der Waals surface area contributed by atoms with Gasteiger partial charge in [0.2, 0.25) is 0 Å². The van der Waals surface area contributed by atoms with Gasteiger partial charge in [0.05, 0.1) is 6.33 Å². The van der Waals surface area contributed by atoms with Gasteiger partial charge >= 0.3 is 75.0 Å². The standard InChI is InChI=1S/C3H4N2.CH2O3.Cs.H/c1-2-5-3-4-1;2-1(3)4;;/h1-3H,(H,4,5);(H2,2,3,4);;. The normalized spacial score (nSPS) is 6.40. The summed E-state index contributed by atoms with van der Waals surface area (Å²) in [6.07, 6.45) is 3.25. The van der Waals surface area contributed by atoms with E-state index < -0.39 is 6.16 Å².